The highest BCUT2D eigenvalue weighted by Gasteiger charge is 2.29. The molecule has 14 heavy (non-hydrogen) atoms. The van der Waals surface area contributed by atoms with Crippen LogP contribution >= 0.6 is 0 Å². The summed E-state index contributed by atoms with van der Waals surface area (Å²) in [6, 6.07) is 0. The largest absolute Gasteiger partial charge is 0.459 e. The van der Waals surface area contributed by atoms with E-state index in [2.05, 4.69) is 0 Å². The number of hydrogen-bond donors (Lipinski definition) is 1. The van der Waals surface area contributed by atoms with Crippen LogP contribution in [0.2, 0.25) is 0 Å². The molecule has 0 radical (unpaired) electrons. The van der Waals surface area contributed by atoms with Crippen LogP contribution in [0, 0.1) is 5.92 Å². The summed E-state index contributed by atoms with van der Waals surface area (Å²) < 4.78 is 5.23. The van der Waals surface area contributed by atoms with Crippen molar-refractivity contribution >= 4 is 5.97 Å². The number of carbonyl (C=O) groups is 1. The minimum absolute atomic E-state index is 0.0913. The van der Waals surface area contributed by atoms with Gasteiger partial charge < -0.3 is 9.84 Å². The SMILES string of the molecule is CCC(C)C(=O)OC(CC)C(C)(C)O. The van der Waals surface area contributed by atoms with Gasteiger partial charge in [0.25, 0.3) is 0 Å². The van der Waals surface area contributed by atoms with E-state index in [4.69, 9.17) is 4.74 Å². The molecule has 0 aliphatic carbocycles. The van der Waals surface area contributed by atoms with Crippen molar-refractivity contribution in [2.24, 2.45) is 5.92 Å². The molecular formula is C11H22O3. The van der Waals surface area contributed by atoms with E-state index in [0.717, 1.165) is 6.42 Å². The Hall–Kier alpha value is -0.570. The van der Waals surface area contributed by atoms with Crippen LogP contribution in [0.25, 0.3) is 0 Å². The molecule has 0 aromatic heterocycles. The van der Waals surface area contributed by atoms with Crippen LogP contribution in [0.4, 0.5) is 0 Å². The quantitative estimate of drug-likeness (QED) is 0.695. The summed E-state index contributed by atoms with van der Waals surface area (Å²) in [5.74, 6) is -0.312. The average Bonchev–Trinajstić information content (AvgIpc) is 2.10. The van der Waals surface area contributed by atoms with Gasteiger partial charge in [-0.05, 0) is 26.7 Å². The minimum atomic E-state index is -0.960. The molecule has 0 heterocycles. The predicted octanol–water partition coefficient (Wildman–Crippen LogP) is 2.13. The molecule has 1 N–H and O–H groups in total. The first-order chi connectivity index (χ1) is 6.32. The fourth-order valence-electron chi connectivity index (χ4n) is 1.15. The van der Waals surface area contributed by atoms with E-state index in [1.165, 1.54) is 0 Å². The summed E-state index contributed by atoms with van der Waals surface area (Å²) in [6.45, 7) is 8.99. The Morgan fingerprint density at radius 2 is 1.86 bits per heavy atom. The second-order valence-electron chi connectivity index (χ2n) is 4.30. The maximum Gasteiger partial charge on any atom is 0.309 e. The summed E-state index contributed by atoms with van der Waals surface area (Å²) in [6.07, 6.45) is 0.983. The van der Waals surface area contributed by atoms with Crippen molar-refractivity contribution in [3.8, 4) is 0 Å². The van der Waals surface area contributed by atoms with Crippen molar-refractivity contribution in [3.63, 3.8) is 0 Å². The molecular weight excluding hydrogens is 180 g/mol. The van der Waals surface area contributed by atoms with E-state index in [0.29, 0.717) is 6.42 Å². The van der Waals surface area contributed by atoms with Gasteiger partial charge in [0.05, 0.1) is 11.5 Å². The number of ether oxygens (including phenoxy) is 1. The number of carbonyl (C=O) groups excluding carboxylic acids is 1. The lowest BCUT2D eigenvalue weighted by Crippen LogP contribution is -2.40. The first kappa shape index (κ1) is 13.4. The minimum Gasteiger partial charge on any atom is -0.459 e. The monoisotopic (exact) mass is 202 g/mol. The molecule has 3 nitrogen and oxygen atoms in total. The molecule has 0 fully saturated rings. The molecule has 0 amide bonds. The molecule has 0 aromatic carbocycles. The summed E-state index contributed by atoms with van der Waals surface area (Å²) in [5, 5.41) is 9.70. The second-order valence-corrected chi connectivity index (χ2v) is 4.30. The summed E-state index contributed by atoms with van der Waals surface area (Å²) in [7, 11) is 0. The maximum atomic E-state index is 11.5. The molecule has 84 valence electrons. The van der Waals surface area contributed by atoms with E-state index in [-0.39, 0.29) is 11.9 Å². The summed E-state index contributed by atoms with van der Waals surface area (Å²) >= 11 is 0. The van der Waals surface area contributed by atoms with Crippen molar-refractivity contribution in [3.05, 3.63) is 0 Å². The Morgan fingerprint density at radius 1 is 1.36 bits per heavy atom. The molecule has 3 heteroatoms. The molecule has 0 aliphatic rings. The van der Waals surface area contributed by atoms with Gasteiger partial charge in [-0.2, -0.15) is 0 Å². The van der Waals surface area contributed by atoms with E-state index in [9.17, 15) is 9.90 Å². The Labute approximate surface area is 86.5 Å². The fraction of sp³-hybridized carbons (Fsp3) is 0.909. The van der Waals surface area contributed by atoms with Gasteiger partial charge in [0, 0.05) is 0 Å². The van der Waals surface area contributed by atoms with Crippen LogP contribution in [-0.4, -0.2) is 22.8 Å². The van der Waals surface area contributed by atoms with E-state index in [1.807, 2.05) is 20.8 Å². The van der Waals surface area contributed by atoms with E-state index >= 15 is 0 Å². The highest BCUT2D eigenvalue weighted by Crippen LogP contribution is 2.18. The van der Waals surface area contributed by atoms with Crippen molar-refractivity contribution in [1.82, 2.24) is 0 Å². The lowest BCUT2D eigenvalue weighted by molar-refractivity contribution is -0.166. The third-order valence-corrected chi connectivity index (χ3v) is 2.43. The van der Waals surface area contributed by atoms with Crippen LogP contribution in [0.1, 0.15) is 47.5 Å². The van der Waals surface area contributed by atoms with Crippen LogP contribution in [0.15, 0.2) is 0 Å². The third-order valence-electron chi connectivity index (χ3n) is 2.43. The van der Waals surface area contributed by atoms with Crippen LogP contribution < -0.4 is 0 Å². The predicted molar refractivity (Wildman–Crippen MR) is 55.9 cm³/mol. The first-order valence-electron chi connectivity index (χ1n) is 5.25. The van der Waals surface area contributed by atoms with Crippen molar-refractivity contribution < 1.29 is 14.6 Å². The zero-order valence-electron chi connectivity index (χ0n) is 9.83. The van der Waals surface area contributed by atoms with E-state index < -0.39 is 11.7 Å². The molecule has 2 atom stereocenters. The molecule has 2 unspecified atom stereocenters. The molecule has 0 saturated carbocycles. The first-order valence-corrected chi connectivity index (χ1v) is 5.25. The van der Waals surface area contributed by atoms with Crippen LogP contribution in [0.5, 0.6) is 0 Å². The highest BCUT2D eigenvalue weighted by atomic mass is 16.6. The Kier molecular flexibility index (Phi) is 5.13. The zero-order chi connectivity index (χ0) is 11.4. The number of aliphatic hydroxyl groups is 1. The van der Waals surface area contributed by atoms with Gasteiger partial charge in [-0.25, -0.2) is 0 Å². The normalized spacial score (nSPS) is 16.1. The molecule has 0 rings (SSSR count). The maximum absolute atomic E-state index is 11.5. The topological polar surface area (TPSA) is 46.5 Å². The van der Waals surface area contributed by atoms with Crippen molar-refractivity contribution in [2.45, 2.75) is 59.2 Å². The lowest BCUT2D eigenvalue weighted by atomic mass is 9.99. The smallest absolute Gasteiger partial charge is 0.309 e. The average molecular weight is 202 g/mol. The summed E-state index contributed by atoms with van der Waals surface area (Å²) in [5.41, 5.74) is -0.960. The van der Waals surface area contributed by atoms with Gasteiger partial charge in [-0.3, -0.25) is 4.79 Å². The fourth-order valence-corrected chi connectivity index (χ4v) is 1.15. The Bertz CT molecular complexity index is 181. The Morgan fingerprint density at radius 3 is 2.14 bits per heavy atom. The van der Waals surface area contributed by atoms with Gasteiger partial charge in [0.15, 0.2) is 0 Å². The van der Waals surface area contributed by atoms with Gasteiger partial charge in [0.1, 0.15) is 6.10 Å². The zero-order valence-corrected chi connectivity index (χ0v) is 9.83. The second kappa shape index (κ2) is 5.35. The van der Waals surface area contributed by atoms with Gasteiger partial charge in [-0.1, -0.05) is 20.8 Å². The number of esters is 1. The number of rotatable bonds is 5. The molecule has 0 spiro atoms. The molecule has 0 saturated heterocycles. The van der Waals surface area contributed by atoms with Gasteiger partial charge in [0.2, 0.25) is 0 Å². The number of hydrogen-bond acceptors (Lipinski definition) is 3. The van der Waals surface area contributed by atoms with E-state index in [1.54, 1.807) is 13.8 Å². The molecule has 0 aromatic rings. The van der Waals surface area contributed by atoms with Crippen LogP contribution in [-0.2, 0) is 9.53 Å². The third kappa shape index (κ3) is 4.09. The summed E-state index contributed by atoms with van der Waals surface area (Å²) in [4.78, 5) is 11.5. The lowest BCUT2D eigenvalue weighted by Gasteiger charge is -2.28. The standard InChI is InChI=1S/C11H22O3/c1-6-8(3)10(12)14-9(7-2)11(4,5)13/h8-9,13H,6-7H2,1-5H3. The van der Waals surface area contributed by atoms with Crippen LogP contribution in [0.3, 0.4) is 0 Å². The molecule has 0 bridgehead atoms. The molecule has 0 aliphatic heterocycles. The Balaban J connectivity index is 4.26. The van der Waals surface area contributed by atoms with Gasteiger partial charge >= 0.3 is 5.97 Å². The van der Waals surface area contributed by atoms with Crippen molar-refractivity contribution in [1.29, 1.82) is 0 Å². The van der Waals surface area contributed by atoms with Crippen molar-refractivity contribution in [2.75, 3.05) is 0 Å². The van der Waals surface area contributed by atoms with Gasteiger partial charge in [-0.15, -0.1) is 0 Å². The highest BCUT2D eigenvalue weighted by molar-refractivity contribution is 5.72.